The van der Waals surface area contributed by atoms with Crippen LogP contribution in [0.1, 0.15) is 10.4 Å². The van der Waals surface area contributed by atoms with Crippen LogP contribution in [0.25, 0.3) is 0 Å². The van der Waals surface area contributed by atoms with Crippen LogP contribution in [0.5, 0.6) is 0 Å². The van der Waals surface area contributed by atoms with Gasteiger partial charge in [0.05, 0.1) is 13.2 Å². The SMILES string of the molecule is COCCN(CCO)Cc1sccc1C#CCO. The van der Waals surface area contributed by atoms with Crippen molar-refractivity contribution in [3.05, 3.63) is 21.9 Å². The number of methoxy groups -OCH3 is 1. The quantitative estimate of drug-likeness (QED) is 0.709. The van der Waals surface area contributed by atoms with Gasteiger partial charge in [0.25, 0.3) is 0 Å². The molecule has 4 nitrogen and oxygen atoms in total. The molecule has 1 heterocycles. The van der Waals surface area contributed by atoms with E-state index in [2.05, 4.69) is 16.7 Å². The van der Waals surface area contributed by atoms with Crippen molar-refractivity contribution in [2.24, 2.45) is 0 Å². The summed E-state index contributed by atoms with van der Waals surface area (Å²) in [7, 11) is 1.67. The lowest BCUT2D eigenvalue weighted by atomic mass is 10.2. The van der Waals surface area contributed by atoms with E-state index in [4.69, 9.17) is 14.9 Å². The number of aliphatic hydroxyl groups excluding tert-OH is 2. The fourth-order valence-corrected chi connectivity index (χ4v) is 2.42. The van der Waals surface area contributed by atoms with Crippen molar-refractivity contribution in [3.8, 4) is 11.8 Å². The van der Waals surface area contributed by atoms with Crippen LogP contribution in [0.15, 0.2) is 11.4 Å². The lowest BCUT2D eigenvalue weighted by Crippen LogP contribution is -2.29. The van der Waals surface area contributed by atoms with Gasteiger partial charge in [-0.3, -0.25) is 4.90 Å². The summed E-state index contributed by atoms with van der Waals surface area (Å²) < 4.78 is 5.05. The van der Waals surface area contributed by atoms with E-state index in [-0.39, 0.29) is 13.2 Å². The first-order valence-corrected chi connectivity index (χ1v) is 6.68. The molecular formula is C13H19NO3S. The van der Waals surface area contributed by atoms with Crippen molar-refractivity contribution in [2.75, 3.05) is 40.0 Å². The van der Waals surface area contributed by atoms with Crippen LogP contribution in [0.2, 0.25) is 0 Å². The van der Waals surface area contributed by atoms with Crippen molar-refractivity contribution >= 4 is 11.3 Å². The predicted molar refractivity (Wildman–Crippen MR) is 72.5 cm³/mol. The summed E-state index contributed by atoms with van der Waals surface area (Å²) in [6, 6.07) is 1.95. The predicted octanol–water partition coefficient (Wildman–Crippen LogP) is 0.533. The fraction of sp³-hybridized carbons (Fsp3) is 0.538. The maximum Gasteiger partial charge on any atom is 0.104 e. The number of aliphatic hydroxyl groups is 2. The van der Waals surface area contributed by atoms with Crippen LogP contribution in [0, 0.1) is 11.8 Å². The molecule has 0 aliphatic heterocycles. The number of hydrogen-bond acceptors (Lipinski definition) is 5. The summed E-state index contributed by atoms with van der Waals surface area (Å²) in [5.41, 5.74) is 0.953. The molecule has 1 rings (SSSR count). The first-order valence-electron chi connectivity index (χ1n) is 5.80. The molecule has 0 bridgehead atoms. The molecule has 1 aromatic heterocycles. The molecule has 100 valence electrons. The normalized spacial score (nSPS) is 10.4. The van der Waals surface area contributed by atoms with Gasteiger partial charge in [-0.1, -0.05) is 11.8 Å². The average Bonchev–Trinajstić information content (AvgIpc) is 2.81. The van der Waals surface area contributed by atoms with E-state index in [1.54, 1.807) is 18.4 Å². The monoisotopic (exact) mass is 269 g/mol. The minimum Gasteiger partial charge on any atom is -0.395 e. The molecule has 0 aromatic carbocycles. The molecule has 0 amide bonds. The second-order valence-electron chi connectivity index (χ2n) is 3.71. The fourth-order valence-electron chi connectivity index (χ4n) is 1.54. The van der Waals surface area contributed by atoms with E-state index in [1.807, 2.05) is 11.4 Å². The second kappa shape index (κ2) is 9.09. The summed E-state index contributed by atoms with van der Waals surface area (Å²) in [5, 5.41) is 19.7. The zero-order valence-corrected chi connectivity index (χ0v) is 11.4. The smallest absolute Gasteiger partial charge is 0.104 e. The molecule has 0 atom stereocenters. The van der Waals surface area contributed by atoms with Crippen LogP contribution in [0.4, 0.5) is 0 Å². The van der Waals surface area contributed by atoms with E-state index < -0.39 is 0 Å². The highest BCUT2D eigenvalue weighted by molar-refractivity contribution is 7.10. The molecule has 1 aromatic rings. The third kappa shape index (κ3) is 5.17. The van der Waals surface area contributed by atoms with Crippen LogP contribution in [0.3, 0.4) is 0 Å². The van der Waals surface area contributed by atoms with Gasteiger partial charge in [0.1, 0.15) is 6.61 Å². The molecule has 0 unspecified atom stereocenters. The van der Waals surface area contributed by atoms with Crippen LogP contribution >= 0.6 is 11.3 Å². The molecular weight excluding hydrogens is 250 g/mol. The molecule has 18 heavy (non-hydrogen) atoms. The number of hydrogen-bond donors (Lipinski definition) is 2. The third-order valence-electron chi connectivity index (χ3n) is 2.44. The molecule has 0 saturated carbocycles. The van der Waals surface area contributed by atoms with Gasteiger partial charge >= 0.3 is 0 Å². The van der Waals surface area contributed by atoms with Crippen molar-refractivity contribution in [1.29, 1.82) is 0 Å². The Morgan fingerprint density at radius 1 is 1.39 bits per heavy atom. The first kappa shape index (κ1) is 15.2. The molecule has 0 saturated heterocycles. The average molecular weight is 269 g/mol. The standard InChI is InChI=1S/C13H19NO3S/c1-17-9-6-14(5-8-16)11-13-12(3-2-7-15)4-10-18-13/h4,10,15-16H,5-9,11H2,1H3. The Kier molecular flexibility index (Phi) is 7.65. The second-order valence-corrected chi connectivity index (χ2v) is 4.71. The molecule has 0 fully saturated rings. The van der Waals surface area contributed by atoms with Crippen molar-refractivity contribution in [1.82, 2.24) is 4.90 Å². The van der Waals surface area contributed by atoms with Gasteiger partial charge in [-0.05, 0) is 11.4 Å². The minimum absolute atomic E-state index is 0.126. The molecule has 0 spiro atoms. The number of thiophene rings is 1. The summed E-state index contributed by atoms with van der Waals surface area (Å²) in [6.45, 7) is 2.79. The molecule has 2 N–H and O–H groups in total. The molecule has 0 radical (unpaired) electrons. The largest absolute Gasteiger partial charge is 0.395 e. The Morgan fingerprint density at radius 2 is 2.22 bits per heavy atom. The van der Waals surface area contributed by atoms with E-state index in [0.29, 0.717) is 13.2 Å². The van der Waals surface area contributed by atoms with E-state index in [0.717, 1.165) is 23.5 Å². The Balaban J connectivity index is 2.64. The van der Waals surface area contributed by atoms with Crippen LogP contribution < -0.4 is 0 Å². The van der Waals surface area contributed by atoms with Crippen LogP contribution in [-0.4, -0.2) is 55.1 Å². The Morgan fingerprint density at radius 3 is 2.89 bits per heavy atom. The number of rotatable bonds is 7. The van der Waals surface area contributed by atoms with Gasteiger partial charge in [-0.25, -0.2) is 0 Å². The Bertz CT molecular complexity index is 394. The maximum atomic E-state index is 9.04. The zero-order valence-electron chi connectivity index (χ0n) is 10.6. The van der Waals surface area contributed by atoms with Gasteiger partial charge in [0.15, 0.2) is 0 Å². The molecule has 5 heteroatoms. The van der Waals surface area contributed by atoms with E-state index in [9.17, 15) is 0 Å². The van der Waals surface area contributed by atoms with Gasteiger partial charge in [-0.15, -0.1) is 11.3 Å². The van der Waals surface area contributed by atoms with Crippen molar-refractivity contribution in [3.63, 3.8) is 0 Å². The van der Waals surface area contributed by atoms with E-state index >= 15 is 0 Å². The van der Waals surface area contributed by atoms with Crippen LogP contribution in [-0.2, 0) is 11.3 Å². The van der Waals surface area contributed by atoms with Gasteiger partial charge in [0, 0.05) is 37.2 Å². The maximum absolute atomic E-state index is 9.04. The highest BCUT2D eigenvalue weighted by Gasteiger charge is 2.09. The van der Waals surface area contributed by atoms with Crippen molar-refractivity contribution < 1.29 is 14.9 Å². The van der Waals surface area contributed by atoms with Gasteiger partial charge in [-0.2, -0.15) is 0 Å². The summed E-state index contributed by atoms with van der Waals surface area (Å²) in [5.74, 6) is 5.60. The number of nitrogens with zero attached hydrogens (tertiary/aromatic N) is 1. The highest BCUT2D eigenvalue weighted by atomic mass is 32.1. The Hall–Kier alpha value is -0.900. The lowest BCUT2D eigenvalue weighted by Gasteiger charge is -2.20. The van der Waals surface area contributed by atoms with Crippen molar-refractivity contribution in [2.45, 2.75) is 6.54 Å². The molecule has 0 aliphatic rings. The molecule has 0 aliphatic carbocycles. The summed E-state index contributed by atoms with van der Waals surface area (Å²) in [4.78, 5) is 3.28. The van der Waals surface area contributed by atoms with Gasteiger partial charge < -0.3 is 14.9 Å². The summed E-state index contributed by atoms with van der Waals surface area (Å²) in [6.07, 6.45) is 0. The van der Waals surface area contributed by atoms with E-state index in [1.165, 1.54) is 0 Å². The summed E-state index contributed by atoms with van der Waals surface area (Å²) >= 11 is 1.64. The zero-order chi connectivity index (χ0) is 13.2. The third-order valence-corrected chi connectivity index (χ3v) is 3.35. The minimum atomic E-state index is -0.126. The van der Waals surface area contributed by atoms with Gasteiger partial charge in [0.2, 0.25) is 0 Å². The first-order chi connectivity index (χ1) is 8.81. The Labute approximate surface area is 112 Å². The topological polar surface area (TPSA) is 52.9 Å². The highest BCUT2D eigenvalue weighted by Crippen LogP contribution is 2.18. The lowest BCUT2D eigenvalue weighted by molar-refractivity contribution is 0.127. The number of ether oxygens (including phenoxy) is 1.